The Morgan fingerprint density at radius 2 is 2.00 bits per heavy atom. The number of nitrogens with two attached hydrogens (primary N) is 1. The number of pyridine rings is 1. The van der Waals surface area contributed by atoms with E-state index in [0.717, 1.165) is 38.8 Å². The van der Waals surface area contributed by atoms with Crippen LogP contribution in [0.3, 0.4) is 0 Å². The molecular weight excluding hydrogens is 396 g/mol. The first kappa shape index (κ1) is 21.0. The molecule has 0 atom stereocenters. The second-order valence-corrected chi connectivity index (χ2v) is 7.85. The van der Waals surface area contributed by atoms with Crippen molar-refractivity contribution in [3.63, 3.8) is 0 Å². The Hall–Kier alpha value is -3.30. The second kappa shape index (κ2) is 9.23. The SMILES string of the molecule is CCCOc1nc(C(=O)N2CCC2)nc(N2CCC(C(=N)c3cccnc3N)CC2)n1. The highest BCUT2D eigenvalue weighted by atomic mass is 16.5. The maximum atomic E-state index is 12.7. The Morgan fingerprint density at radius 1 is 1.23 bits per heavy atom. The summed E-state index contributed by atoms with van der Waals surface area (Å²) in [6.45, 7) is 5.28. The van der Waals surface area contributed by atoms with Gasteiger partial charge in [0.25, 0.3) is 5.91 Å². The largest absolute Gasteiger partial charge is 0.463 e. The number of nitrogens with one attached hydrogen (secondary N) is 1. The van der Waals surface area contributed by atoms with E-state index in [4.69, 9.17) is 15.9 Å². The first-order valence-corrected chi connectivity index (χ1v) is 10.8. The van der Waals surface area contributed by atoms with Crippen LogP contribution in [0.1, 0.15) is 48.8 Å². The number of nitrogen functional groups attached to an aromatic ring is 1. The number of hydrogen-bond donors (Lipinski definition) is 2. The van der Waals surface area contributed by atoms with E-state index in [0.29, 0.717) is 42.7 Å². The number of hydrogen-bond acceptors (Lipinski definition) is 9. The van der Waals surface area contributed by atoms with Crippen molar-refractivity contribution in [2.75, 3.05) is 43.4 Å². The fourth-order valence-corrected chi connectivity index (χ4v) is 3.73. The van der Waals surface area contributed by atoms with Crippen molar-refractivity contribution in [1.29, 1.82) is 5.41 Å². The fourth-order valence-electron chi connectivity index (χ4n) is 3.73. The minimum Gasteiger partial charge on any atom is -0.463 e. The third kappa shape index (κ3) is 4.57. The minimum atomic E-state index is -0.181. The van der Waals surface area contributed by atoms with E-state index in [1.807, 2.05) is 17.9 Å². The quantitative estimate of drug-likeness (QED) is 0.642. The van der Waals surface area contributed by atoms with Crippen LogP contribution in [0.2, 0.25) is 0 Å². The van der Waals surface area contributed by atoms with Gasteiger partial charge < -0.3 is 25.7 Å². The fraction of sp³-hybridized carbons (Fsp3) is 0.524. The van der Waals surface area contributed by atoms with Gasteiger partial charge in [0.1, 0.15) is 5.82 Å². The Bertz CT molecular complexity index is 954. The molecule has 3 N–H and O–H groups in total. The highest BCUT2D eigenvalue weighted by molar-refractivity contribution is 6.03. The predicted molar refractivity (Wildman–Crippen MR) is 117 cm³/mol. The average molecular weight is 425 g/mol. The first-order valence-electron chi connectivity index (χ1n) is 10.8. The number of anilines is 2. The third-order valence-electron chi connectivity index (χ3n) is 5.69. The van der Waals surface area contributed by atoms with E-state index in [1.165, 1.54) is 0 Å². The van der Waals surface area contributed by atoms with Crippen LogP contribution in [-0.2, 0) is 0 Å². The molecule has 10 heteroatoms. The third-order valence-corrected chi connectivity index (χ3v) is 5.69. The van der Waals surface area contributed by atoms with E-state index in [-0.39, 0.29) is 23.7 Å². The number of likely N-dealkylation sites (tertiary alicyclic amines) is 1. The Balaban J connectivity index is 1.48. The van der Waals surface area contributed by atoms with Gasteiger partial charge in [0, 0.05) is 49.6 Å². The summed E-state index contributed by atoms with van der Waals surface area (Å²) in [5.41, 5.74) is 7.16. The average Bonchev–Trinajstić information content (AvgIpc) is 2.76. The van der Waals surface area contributed by atoms with Gasteiger partial charge in [-0.3, -0.25) is 4.79 Å². The van der Waals surface area contributed by atoms with Gasteiger partial charge in [0.05, 0.1) is 6.61 Å². The number of amides is 1. The van der Waals surface area contributed by atoms with Crippen molar-refractivity contribution in [2.45, 2.75) is 32.6 Å². The Morgan fingerprint density at radius 3 is 2.65 bits per heavy atom. The monoisotopic (exact) mass is 424 g/mol. The van der Waals surface area contributed by atoms with Crippen LogP contribution in [0.25, 0.3) is 0 Å². The van der Waals surface area contributed by atoms with Crippen molar-refractivity contribution >= 4 is 23.4 Å². The van der Waals surface area contributed by atoms with Gasteiger partial charge in [0.15, 0.2) is 0 Å². The molecular formula is C21H28N8O2. The second-order valence-electron chi connectivity index (χ2n) is 7.85. The van der Waals surface area contributed by atoms with E-state index in [1.54, 1.807) is 17.2 Å². The zero-order chi connectivity index (χ0) is 21.8. The topological polar surface area (TPSA) is 134 Å². The molecule has 2 saturated heterocycles. The zero-order valence-electron chi connectivity index (χ0n) is 17.8. The number of piperidine rings is 1. The lowest BCUT2D eigenvalue weighted by Crippen LogP contribution is -2.43. The van der Waals surface area contributed by atoms with Crippen LogP contribution in [0.4, 0.5) is 11.8 Å². The van der Waals surface area contributed by atoms with Crippen molar-refractivity contribution in [3.05, 3.63) is 29.7 Å². The molecule has 0 bridgehead atoms. The number of carbonyl (C=O) groups excluding carboxylic acids is 1. The molecule has 2 fully saturated rings. The first-order chi connectivity index (χ1) is 15.1. The van der Waals surface area contributed by atoms with Gasteiger partial charge in [-0.15, -0.1) is 0 Å². The Kier molecular flexibility index (Phi) is 6.24. The summed E-state index contributed by atoms with van der Waals surface area (Å²) in [5, 5.41) is 8.56. The summed E-state index contributed by atoms with van der Waals surface area (Å²) in [5.74, 6) is 0.881. The molecule has 164 valence electrons. The van der Waals surface area contributed by atoms with Gasteiger partial charge in [-0.2, -0.15) is 15.0 Å². The van der Waals surface area contributed by atoms with E-state index >= 15 is 0 Å². The molecule has 0 unspecified atom stereocenters. The molecule has 2 aromatic rings. The summed E-state index contributed by atoms with van der Waals surface area (Å²) in [4.78, 5) is 33.7. The lowest BCUT2D eigenvalue weighted by Gasteiger charge is -2.33. The standard InChI is InChI=1S/C21H28N8O2/c1-2-13-31-21-26-18(19(30)28-9-4-10-28)25-20(27-21)29-11-6-14(7-12-29)16(22)15-5-3-8-24-17(15)23/h3,5,8,14,22H,2,4,6-7,9-13H2,1H3,(H2,23,24). The minimum absolute atomic E-state index is 0.0857. The number of rotatable bonds is 7. The normalized spacial score (nSPS) is 16.7. The molecule has 10 nitrogen and oxygen atoms in total. The highest BCUT2D eigenvalue weighted by Crippen LogP contribution is 2.26. The van der Waals surface area contributed by atoms with Crippen molar-refractivity contribution < 1.29 is 9.53 Å². The molecule has 2 aliphatic heterocycles. The Labute approximate surface area is 181 Å². The molecule has 0 saturated carbocycles. The molecule has 1 amide bonds. The predicted octanol–water partition coefficient (Wildman–Crippen LogP) is 1.77. The molecule has 0 aromatic carbocycles. The van der Waals surface area contributed by atoms with Crippen LogP contribution in [0.15, 0.2) is 18.3 Å². The number of nitrogens with zero attached hydrogens (tertiary/aromatic N) is 6. The molecule has 2 aromatic heterocycles. The smallest absolute Gasteiger partial charge is 0.321 e. The summed E-state index contributed by atoms with van der Waals surface area (Å²) >= 11 is 0. The summed E-state index contributed by atoms with van der Waals surface area (Å²) < 4.78 is 5.62. The van der Waals surface area contributed by atoms with Crippen LogP contribution in [0.5, 0.6) is 6.01 Å². The van der Waals surface area contributed by atoms with Gasteiger partial charge >= 0.3 is 6.01 Å². The van der Waals surface area contributed by atoms with Gasteiger partial charge in [0.2, 0.25) is 11.8 Å². The molecule has 4 rings (SSSR count). The van der Waals surface area contributed by atoms with Crippen LogP contribution < -0.4 is 15.4 Å². The van der Waals surface area contributed by atoms with E-state index < -0.39 is 0 Å². The number of aromatic nitrogens is 4. The molecule has 0 radical (unpaired) electrons. The molecule has 31 heavy (non-hydrogen) atoms. The number of carbonyl (C=O) groups is 1. The van der Waals surface area contributed by atoms with Gasteiger partial charge in [-0.1, -0.05) is 6.92 Å². The summed E-state index contributed by atoms with van der Waals surface area (Å²) in [7, 11) is 0. The molecule has 0 spiro atoms. The van der Waals surface area contributed by atoms with Crippen molar-refractivity contribution in [1.82, 2.24) is 24.8 Å². The molecule has 0 aliphatic carbocycles. The van der Waals surface area contributed by atoms with Crippen LogP contribution in [0, 0.1) is 11.3 Å². The van der Waals surface area contributed by atoms with E-state index in [9.17, 15) is 4.79 Å². The van der Waals surface area contributed by atoms with Gasteiger partial charge in [-0.25, -0.2) is 4.98 Å². The number of ether oxygens (including phenoxy) is 1. The van der Waals surface area contributed by atoms with Crippen LogP contribution in [-0.4, -0.2) is 69.2 Å². The molecule has 2 aliphatic rings. The zero-order valence-corrected chi connectivity index (χ0v) is 17.8. The lowest BCUT2D eigenvalue weighted by molar-refractivity contribution is 0.0637. The highest BCUT2D eigenvalue weighted by Gasteiger charge is 2.29. The summed E-state index contributed by atoms with van der Waals surface area (Å²) in [6.07, 6.45) is 4.98. The van der Waals surface area contributed by atoms with Crippen molar-refractivity contribution in [2.24, 2.45) is 5.92 Å². The summed E-state index contributed by atoms with van der Waals surface area (Å²) in [6, 6.07) is 3.83. The van der Waals surface area contributed by atoms with E-state index in [2.05, 4.69) is 19.9 Å². The van der Waals surface area contributed by atoms with Gasteiger partial charge in [-0.05, 0) is 37.8 Å². The lowest BCUT2D eigenvalue weighted by atomic mass is 9.88. The van der Waals surface area contributed by atoms with Crippen molar-refractivity contribution in [3.8, 4) is 6.01 Å². The van der Waals surface area contributed by atoms with Crippen LogP contribution >= 0.6 is 0 Å². The maximum absolute atomic E-state index is 12.7. The molecule has 4 heterocycles. The maximum Gasteiger partial charge on any atom is 0.321 e.